The number of hydrogen-bond donors (Lipinski definition) is 1. The van der Waals surface area contributed by atoms with Crippen molar-refractivity contribution in [3.63, 3.8) is 0 Å². The molecule has 2 amide bonds. The summed E-state index contributed by atoms with van der Waals surface area (Å²) in [7, 11) is 1.54. The average Bonchev–Trinajstić information content (AvgIpc) is 2.84. The second kappa shape index (κ2) is 13.3. The fraction of sp³-hybridized carbons (Fsp3) is 0.741. The van der Waals surface area contributed by atoms with E-state index in [0.29, 0.717) is 11.9 Å². The number of alkyl halides is 3. The number of rotatable bonds is 6. The van der Waals surface area contributed by atoms with Gasteiger partial charge in [-0.2, -0.15) is 13.2 Å². The van der Waals surface area contributed by atoms with E-state index in [-0.39, 0.29) is 17.1 Å². The third kappa shape index (κ3) is 10.4. The summed E-state index contributed by atoms with van der Waals surface area (Å²) < 4.78 is 43.1. The molecule has 0 radical (unpaired) electrons. The molecule has 0 spiro atoms. The molecule has 210 valence electrons. The minimum atomic E-state index is -4.36. The van der Waals surface area contributed by atoms with Gasteiger partial charge in [-0.3, -0.25) is 4.79 Å². The van der Waals surface area contributed by atoms with Gasteiger partial charge in [-0.1, -0.05) is 26.2 Å². The molecule has 1 saturated heterocycles. The number of pyridine rings is 1. The van der Waals surface area contributed by atoms with Gasteiger partial charge in [0.15, 0.2) is 0 Å². The van der Waals surface area contributed by atoms with Crippen LogP contribution in [0.25, 0.3) is 0 Å². The zero-order chi connectivity index (χ0) is 27.7. The Bertz CT molecular complexity index is 852. The summed E-state index contributed by atoms with van der Waals surface area (Å²) >= 11 is 0. The summed E-state index contributed by atoms with van der Waals surface area (Å²) in [6, 6.07) is 2.94. The lowest BCUT2D eigenvalue weighted by molar-refractivity contribution is -0.137. The molecule has 1 aliphatic heterocycles. The molecule has 1 aliphatic carbocycles. The molecule has 1 N–H and O–H groups in total. The number of nitrogens with one attached hydrogen (secondary N) is 1. The summed E-state index contributed by atoms with van der Waals surface area (Å²) in [4.78, 5) is 30.2. The summed E-state index contributed by atoms with van der Waals surface area (Å²) in [5.41, 5.74) is -1.08. The maximum Gasteiger partial charge on any atom is 0.417 e. The van der Waals surface area contributed by atoms with Crippen LogP contribution in [0.1, 0.15) is 84.6 Å². The normalized spacial score (nSPS) is 20.9. The number of hydrogen-bond acceptors (Lipinski definition) is 5. The number of carbonyl (C=O) groups is 2. The second-order valence-electron chi connectivity index (χ2n) is 11.4. The van der Waals surface area contributed by atoms with Crippen LogP contribution in [0, 0.1) is 5.41 Å². The van der Waals surface area contributed by atoms with E-state index in [9.17, 15) is 22.8 Å². The predicted molar refractivity (Wildman–Crippen MR) is 138 cm³/mol. The second-order valence-corrected chi connectivity index (χ2v) is 11.4. The van der Waals surface area contributed by atoms with Gasteiger partial charge in [-0.05, 0) is 70.4 Å². The van der Waals surface area contributed by atoms with E-state index in [4.69, 9.17) is 4.74 Å². The van der Waals surface area contributed by atoms with Crippen molar-refractivity contribution in [3.8, 4) is 0 Å². The van der Waals surface area contributed by atoms with Crippen molar-refractivity contribution in [3.05, 3.63) is 23.9 Å². The number of nitrogens with zero attached hydrogens (tertiary/aromatic N) is 3. The van der Waals surface area contributed by atoms with Crippen LogP contribution in [0.2, 0.25) is 0 Å². The third-order valence-electron chi connectivity index (χ3n) is 6.94. The average molecular weight is 529 g/mol. The Hall–Kier alpha value is -2.52. The highest BCUT2D eigenvalue weighted by molar-refractivity contribution is 5.67. The van der Waals surface area contributed by atoms with Crippen molar-refractivity contribution in [1.29, 1.82) is 0 Å². The Labute approximate surface area is 219 Å². The van der Waals surface area contributed by atoms with E-state index in [2.05, 4.69) is 22.1 Å². The van der Waals surface area contributed by atoms with Gasteiger partial charge in [0.2, 0.25) is 6.41 Å². The SMILES string of the molecule is CC1(CCN(C=O)C2CCCCC2)CCCN(c2ccc(C(F)(F)F)cn2)C1.CNC(=O)OC(C)(C)C. The summed E-state index contributed by atoms with van der Waals surface area (Å²) in [6.07, 6.45) is 5.94. The molecule has 1 atom stereocenters. The van der Waals surface area contributed by atoms with E-state index >= 15 is 0 Å². The van der Waals surface area contributed by atoms with E-state index in [1.807, 2.05) is 25.7 Å². The largest absolute Gasteiger partial charge is 0.444 e. The van der Waals surface area contributed by atoms with Crippen molar-refractivity contribution in [2.45, 2.75) is 96.9 Å². The van der Waals surface area contributed by atoms with Crippen LogP contribution in [0.5, 0.6) is 0 Å². The monoisotopic (exact) mass is 528 g/mol. The highest BCUT2D eigenvalue weighted by Crippen LogP contribution is 2.36. The standard InChI is InChI=1S/C21H30F3N3O.C6H13NO2/c1-20(11-13-27(16-28)18-6-3-2-4-7-18)10-5-12-26(15-20)19-9-8-17(14-25-19)21(22,23)24;1-6(2,3)9-5(8)7-4/h8-9,14,16,18H,2-7,10-13,15H2,1H3;1-4H3,(H,7,8). The topological polar surface area (TPSA) is 74.8 Å². The summed E-state index contributed by atoms with van der Waals surface area (Å²) in [6.45, 7) is 9.98. The molecule has 2 aliphatic rings. The third-order valence-corrected chi connectivity index (χ3v) is 6.94. The molecule has 0 aromatic carbocycles. The lowest BCUT2D eigenvalue weighted by Crippen LogP contribution is -2.45. The first-order valence-corrected chi connectivity index (χ1v) is 13.2. The highest BCUT2D eigenvalue weighted by Gasteiger charge is 2.34. The Kier molecular flexibility index (Phi) is 11.1. The summed E-state index contributed by atoms with van der Waals surface area (Å²) in [5, 5.41) is 2.36. The summed E-state index contributed by atoms with van der Waals surface area (Å²) in [5.74, 6) is 0.596. The van der Waals surface area contributed by atoms with Gasteiger partial charge in [-0.25, -0.2) is 9.78 Å². The first-order valence-electron chi connectivity index (χ1n) is 13.2. The number of halogens is 3. The predicted octanol–water partition coefficient (Wildman–Crippen LogP) is 6.03. The van der Waals surface area contributed by atoms with E-state index in [1.165, 1.54) is 32.4 Å². The van der Waals surface area contributed by atoms with Crippen molar-refractivity contribution < 1.29 is 27.5 Å². The molecule has 0 bridgehead atoms. The zero-order valence-corrected chi connectivity index (χ0v) is 22.9. The van der Waals surface area contributed by atoms with E-state index in [0.717, 1.165) is 70.4 Å². The van der Waals surface area contributed by atoms with Gasteiger partial charge < -0.3 is 19.9 Å². The Balaban J connectivity index is 0.000000458. The first-order chi connectivity index (χ1) is 17.3. The van der Waals surface area contributed by atoms with Crippen LogP contribution in [0.4, 0.5) is 23.8 Å². The van der Waals surface area contributed by atoms with Crippen LogP contribution in [0.3, 0.4) is 0 Å². The van der Waals surface area contributed by atoms with Gasteiger partial charge in [0.05, 0.1) is 5.56 Å². The van der Waals surface area contributed by atoms with Crippen LogP contribution < -0.4 is 10.2 Å². The molecule has 10 heteroatoms. The first kappa shape index (κ1) is 30.7. The molecule has 7 nitrogen and oxygen atoms in total. The van der Waals surface area contributed by atoms with Gasteiger partial charge in [0.1, 0.15) is 11.4 Å². The molecular weight excluding hydrogens is 485 g/mol. The number of ether oxygens (including phenoxy) is 1. The molecule has 37 heavy (non-hydrogen) atoms. The fourth-order valence-corrected chi connectivity index (χ4v) is 4.92. The van der Waals surface area contributed by atoms with Crippen molar-refractivity contribution in [2.75, 3.05) is 31.6 Å². The van der Waals surface area contributed by atoms with Gasteiger partial charge in [0.25, 0.3) is 0 Å². The number of piperidine rings is 1. The minimum absolute atomic E-state index is 0.0263. The number of alkyl carbamates (subject to hydrolysis) is 1. The molecule has 1 aromatic heterocycles. The molecule has 2 heterocycles. The van der Waals surface area contributed by atoms with Crippen LogP contribution >= 0.6 is 0 Å². The maximum atomic E-state index is 12.8. The van der Waals surface area contributed by atoms with Crippen molar-refractivity contribution in [1.82, 2.24) is 15.2 Å². The van der Waals surface area contributed by atoms with Crippen molar-refractivity contribution in [2.24, 2.45) is 5.41 Å². The molecule has 1 unspecified atom stereocenters. The van der Waals surface area contributed by atoms with Crippen LogP contribution in [-0.2, 0) is 15.7 Å². The van der Waals surface area contributed by atoms with Crippen LogP contribution in [0.15, 0.2) is 18.3 Å². The quantitative estimate of drug-likeness (QED) is 0.457. The van der Waals surface area contributed by atoms with Crippen LogP contribution in [-0.4, -0.2) is 60.7 Å². The number of amides is 2. The minimum Gasteiger partial charge on any atom is -0.444 e. The molecule has 2 fully saturated rings. The number of aromatic nitrogens is 1. The van der Waals surface area contributed by atoms with Gasteiger partial charge >= 0.3 is 12.3 Å². The van der Waals surface area contributed by atoms with E-state index in [1.54, 1.807) is 0 Å². The Morgan fingerprint density at radius 2 is 1.89 bits per heavy atom. The highest BCUT2D eigenvalue weighted by atomic mass is 19.4. The zero-order valence-electron chi connectivity index (χ0n) is 22.9. The molecule has 3 rings (SSSR count). The molecular formula is C27H43F3N4O3. The number of carbonyl (C=O) groups excluding carboxylic acids is 2. The molecule has 1 aromatic rings. The van der Waals surface area contributed by atoms with Crippen molar-refractivity contribution >= 4 is 18.3 Å². The number of anilines is 1. The smallest absolute Gasteiger partial charge is 0.417 e. The van der Waals surface area contributed by atoms with Gasteiger partial charge in [-0.15, -0.1) is 0 Å². The lowest BCUT2D eigenvalue weighted by Gasteiger charge is -2.42. The van der Waals surface area contributed by atoms with E-state index < -0.39 is 11.7 Å². The maximum absolute atomic E-state index is 12.8. The Morgan fingerprint density at radius 3 is 2.38 bits per heavy atom. The lowest BCUT2D eigenvalue weighted by atomic mass is 9.78. The Morgan fingerprint density at radius 1 is 1.22 bits per heavy atom. The fourth-order valence-electron chi connectivity index (χ4n) is 4.92. The molecule has 1 saturated carbocycles. The van der Waals surface area contributed by atoms with Gasteiger partial charge in [0, 0.05) is 38.9 Å².